The van der Waals surface area contributed by atoms with Crippen LogP contribution in [0.1, 0.15) is 46.5 Å². The van der Waals surface area contributed by atoms with E-state index in [0.717, 1.165) is 17.4 Å². The van der Waals surface area contributed by atoms with Crippen molar-refractivity contribution in [3.05, 3.63) is 23.3 Å². The van der Waals surface area contributed by atoms with Gasteiger partial charge in [0.05, 0.1) is 5.92 Å². The zero-order valence-corrected chi connectivity index (χ0v) is 11.6. The second-order valence-electron chi connectivity index (χ2n) is 7.38. The quantitative estimate of drug-likeness (QED) is 0.589. The lowest BCUT2D eigenvalue weighted by molar-refractivity contribution is -0.126. The van der Waals surface area contributed by atoms with Crippen LogP contribution in [0.25, 0.3) is 0 Å². The Hall–Kier alpha value is -0.850. The summed E-state index contributed by atoms with van der Waals surface area (Å²) < 4.78 is 0. The monoisotopic (exact) mass is 242 g/mol. The molecule has 0 aliphatic heterocycles. The van der Waals surface area contributed by atoms with E-state index >= 15 is 0 Å². The number of hydrogen-bond acceptors (Lipinski definition) is 1. The van der Waals surface area contributed by atoms with Crippen LogP contribution < -0.4 is 0 Å². The Morgan fingerprint density at radius 1 is 1.22 bits per heavy atom. The summed E-state index contributed by atoms with van der Waals surface area (Å²) in [6.07, 6.45) is 9.61. The Bertz CT molecular complexity index is 508. The Balaban J connectivity index is 2.05. The predicted octanol–water partition coefficient (Wildman–Crippen LogP) is 3.90. The smallest absolute Gasteiger partial charge is 0.166 e. The lowest BCUT2D eigenvalue weighted by atomic mass is 9.47. The molecule has 1 nitrogen and oxygen atoms in total. The molecule has 0 radical (unpaired) electrons. The first-order chi connectivity index (χ1) is 8.51. The first kappa shape index (κ1) is 11.0. The van der Waals surface area contributed by atoms with Gasteiger partial charge in [0.2, 0.25) is 0 Å². The third kappa shape index (κ3) is 0.867. The molecule has 0 aromatic carbocycles. The van der Waals surface area contributed by atoms with Crippen molar-refractivity contribution in [2.24, 2.45) is 28.6 Å². The van der Waals surface area contributed by atoms with Crippen LogP contribution >= 0.6 is 0 Å². The number of carbonyl (C=O) groups excluding carboxylic acids is 1. The molecule has 2 saturated carbocycles. The van der Waals surface area contributed by atoms with E-state index in [1.54, 1.807) is 5.57 Å². The zero-order chi connectivity index (χ0) is 12.7. The van der Waals surface area contributed by atoms with Crippen molar-refractivity contribution in [3.63, 3.8) is 0 Å². The van der Waals surface area contributed by atoms with Gasteiger partial charge in [-0.3, -0.25) is 4.79 Å². The lowest BCUT2D eigenvalue weighted by Gasteiger charge is -2.55. The molecule has 0 aromatic heterocycles. The molecule has 4 aliphatic rings. The standard InChI is InChI=1S/C17H22O/c1-10-14-9-12-8-7-11-5-4-6-13(15(10)18)17(11,14)16(12,2)3/h4,6,11-13H,5,7-9H2,1-3H3. The highest BCUT2D eigenvalue weighted by Gasteiger charge is 2.70. The molecule has 18 heavy (non-hydrogen) atoms. The van der Waals surface area contributed by atoms with Gasteiger partial charge in [0.25, 0.3) is 0 Å². The number of allylic oxidation sites excluding steroid dienone is 4. The van der Waals surface area contributed by atoms with Crippen molar-refractivity contribution in [1.82, 2.24) is 0 Å². The maximum Gasteiger partial charge on any atom is 0.166 e. The summed E-state index contributed by atoms with van der Waals surface area (Å²) >= 11 is 0. The van der Waals surface area contributed by atoms with E-state index in [4.69, 9.17) is 0 Å². The lowest BCUT2D eigenvalue weighted by Crippen LogP contribution is -2.51. The van der Waals surface area contributed by atoms with Gasteiger partial charge in [0.1, 0.15) is 0 Å². The maximum atomic E-state index is 12.6. The molecule has 0 N–H and O–H groups in total. The Kier molecular flexibility index (Phi) is 1.84. The van der Waals surface area contributed by atoms with Crippen LogP contribution in [0.15, 0.2) is 23.3 Å². The van der Waals surface area contributed by atoms with E-state index in [1.807, 2.05) is 0 Å². The molecule has 2 fully saturated rings. The first-order valence-corrected chi connectivity index (χ1v) is 7.42. The van der Waals surface area contributed by atoms with Crippen molar-refractivity contribution in [1.29, 1.82) is 0 Å². The number of hydrogen-bond donors (Lipinski definition) is 0. The molecular weight excluding hydrogens is 220 g/mol. The molecule has 0 heterocycles. The van der Waals surface area contributed by atoms with Crippen molar-refractivity contribution >= 4 is 5.78 Å². The molecule has 96 valence electrons. The molecule has 2 bridgehead atoms. The van der Waals surface area contributed by atoms with Gasteiger partial charge < -0.3 is 0 Å². The number of carbonyl (C=O) groups is 1. The summed E-state index contributed by atoms with van der Waals surface area (Å²) in [5.74, 6) is 2.13. The van der Waals surface area contributed by atoms with Crippen LogP contribution in [0, 0.1) is 28.6 Å². The summed E-state index contributed by atoms with van der Waals surface area (Å²) in [6.45, 7) is 6.97. The minimum absolute atomic E-state index is 0.173. The highest BCUT2D eigenvalue weighted by Crippen LogP contribution is 2.75. The van der Waals surface area contributed by atoms with E-state index in [1.165, 1.54) is 25.7 Å². The average Bonchev–Trinajstić information content (AvgIpc) is 2.62. The highest BCUT2D eigenvalue weighted by molar-refractivity contribution is 6.03. The van der Waals surface area contributed by atoms with Crippen LogP contribution in [0.2, 0.25) is 0 Å². The van der Waals surface area contributed by atoms with Gasteiger partial charge in [0.15, 0.2) is 5.78 Å². The molecule has 4 aliphatic carbocycles. The number of Topliss-reactive ketones (excluding diaryl/α,β-unsaturated/α-hetero) is 1. The maximum absolute atomic E-state index is 12.6. The topological polar surface area (TPSA) is 17.1 Å². The summed E-state index contributed by atoms with van der Waals surface area (Å²) in [6, 6.07) is 0. The third-order valence-electron chi connectivity index (χ3n) is 6.89. The summed E-state index contributed by atoms with van der Waals surface area (Å²) in [5, 5.41) is 0. The third-order valence-corrected chi connectivity index (χ3v) is 6.89. The van der Waals surface area contributed by atoms with E-state index in [-0.39, 0.29) is 11.3 Å². The average molecular weight is 242 g/mol. The summed E-state index contributed by atoms with van der Waals surface area (Å²) in [4.78, 5) is 12.6. The van der Waals surface area contributed by atoms with Crippen LogP contribution in [0.4, 0.5) is 0 Å². The van der Waals surface area contributed by atoms with Gasteiger partial charge in [-0.2, -0.15) is 0 Å². The molecule has 1 heteroatoms. The SMILES string of the molecule is CC1=C2CC3CCC4CC=CC(C1=O)C24C3(C)C. The minimum atomic E-state index is 0.173. The Morgan fingerprint density at radius 3 is 2.72 bits per heavy atom. The van der Waals surface area contributed by atoms with E-state index in [2.05, 4.69) is 32.9 Å². The van der Waals surface area contributed by atoms with Crippen molar-refractivity contribution < 1.29 is 4.79 Å². The van der Waals surface area contributed by atoms with E-state index in [9.17, 15) is 4.79 Å². The minimum Gasteiger partial charge on any atom is -0.294 e. The number of ketones is 1. The van der Waals surface area contributed by atoms with Crippen molar-refractivity contribution in [2.45, 2.75) is 46.5 Å². The molecule has 4 atom stereocenters. The molecule has 4 unspecified atom stereocenters. The van der Waals surface area contributed by atoms with E-state index in [0.29, 0.717) is 11.2 Å². The van der Waals surface area contributed by atoms with Gasteiger partial charge in [-0.05, 0) is 55.4 Å². The van der Waals surface area contributed by atoms with Gasteiger partial charge in [-0.25, -0.2) is 0 Å². The fourth-order valence-electron chi connectivity index (χ4n) is 6.08. The fraction of sp³-hybridized carbons (Fsp3) is 0.706. The number of fused-ring (bicyclic) bond motifs is 1. The van der Waals surface area contributed by atoms with E-state index < -0.39 is 0 Å². The molecular formula is C17H22O. The van der Waals surface area contributed by atoms with Crippen LogP contribution in [0.5, 0.6) is 0 Å². The van der Waals surface area contributed by atoms with Crippen molar-refractivity contribution in [2.75, 3.05) is 0 Å². The molecule has 4 rings (SSSR count). The first-order valence-electron chi connectivity index (χ1n) is 7.42. The van der Waals surface area contributed by atoms with Crippen molar-refractivity contribution in [3.8, 4) is 0 Å². The Labute approximate surface area is 109 Å². The predicted molar refractivity (Wildman–Crippen MR) is 72.0 cm³/mol. The second-order valence-corrected chi connectivity index (χ2v) is 7.38. The summed E-state index contributed by atoms with van der Waals surface area (Å²) in [5.41, 5.74) is 3.19. The molecule has 1 spiro atoms. The normalized spacial score (nSPS) is 47.7. The van der Waals surface area contributed by atoms with Gasteiger partial charge in [-0.15, -0.1) is 0 Å². The number of rotatable bonds is 0. The van der Waals surface area contributed by atoms with Crippen LogP contribution in [0.3, 0.4) is 0 Å². The fourth-order valence-corrected chi connectivity index (χ4v) is 6.08. The molecule has 0 aromatic rings. The molecule has 0 saturated heterocycles. The highest BCUT2D eigenvalue weighted by atomic mass is 16.1. The zero-order valence-electron chi connectivity index (χ0n) is 11.6. The largest absolute Gasteiger partial charge is 0.294 e. The van der Waals surface area contributed by atoms with Crippen LogP contribution in [-0.2, 0) is 4.79 Å². The van der Waals surface area contributed by atoms with Gasteiger partial charge >= 0.3 is 0 Å². The molecule has 0 amide bonds. The van der Waals surface area contributed by atoms with Gasteiger partial charge in [-0.1, -0.05) is 31.6 Å². The second kappa shape index (κ2) is 3.00. The Morgan fingerprint density at radius 2 is 1.94 bits per heavy atom. The van der Waals surface area contributed by atoms with Gasteiger partial charge in [0, 0.05) is 5.41 Å². The summed E-state index contributed by atoms with van der Waals surface area (Å²) in [7, 11) is 0. The van der Waals surface area contributed by atoms with Crippen LogP contribution in [-0.4, -0.2) is 5.78 Å².